The van der Waals surface area contributed by atoms with Crippen LogP contribution in [-0.4, -0.2) is 24.0 Å². The van der Waals surface area contributed by atoms with Crippen LogP contribution >= 0.6 is 24.0 Å². The highest BCUT2D eigenvalue weighted by Gasteiger charge is 2.06. The molecule has 0 saturated heterocycles. The molecule has 0 fully saturated rings. The summed E-state index contributed by atoms with van der Waals surface area (Å²) in [5, 5.41) is 6.53. The van der Waals surface area contributed by atoms with Crippen LogP contribution in [0.25, 0.3) is 11.5 Å². The molecular weight excluding hydrogens is 482 g/mol. The second-order valence-electron chi connectivity index (χ2n) is 6.45. The van der Waals surface area contributed by atoms with Crippen molar-refractivity contribution >= 4 is 29.9 Å². The number of aromatic nitrogens is 1. The van der Waals surface area contributed by atoms with Crippen LogP contribution in [-0.2, 0) is 13.0 Å². The lowest BCUT2D eigenvalue weighted by atomic mass is 10.1. The summed E-state index contributed by atoms with van der Waals surface area (Å²) in [5.41, 5.74) is 3.79. The van der Waals surface area contributed by atoms with E-state index in [1.165, 1.54) is 6.07 Å². The molecule has 1 heterocycles. The van der Waals surface area contributed by atoms with Gasteiger partial charge in [-0.3, -0.25) is 0 Å². The molecule has 5 nitrogen and oxygen atoms in total. The van der Waals surface area contributed by atoms with Gasteiger partial charge in [-0.15, -0.1) is 24.0 Å². The SMILES string of the molecule is CCNC(=NCc1coc(-c2ccccc2)n1)NCCc1ccc(F)cc1C.I. The van der Waals surface area contributed by atoms with Crippen molar-refractivity contribution in [1.82, 2.24) is 15.6 Å². The van der Waals surface area contributed by atoms with E-state index >= 15 is 0 Å². The van der Waals surface area contributed by atoms with Gasteiger partial charge in [0.1, 0.15) is 17.8 Å². The van der Waals surface area contributed by atoms with Gasteiger partial charge in [-0.2, -0.15) is 0 Å². The van der Waals surface area contributed by atoms with Gasteiger partial charge >= 0.3 is 0 Å². The molecule has 0 saturated carbocycles. The van der Waals surface area contributed by atoms with Crippen LogP contribution in [0.3, 0.4) is 0 Å². The molecule has 29 heavy (non-hydrogen) atoms. The molecule has 0 radical (unpaired) electrons. The van der Waals surface area contributed by atoms with Gasteiger partial charge in [-0.1, -0.05) is 24.3 Å². The summed E-state index contributed by atoms with van der Waals surface area (Å²) in [6.45, 7) is 5.82. The first-order valence-corrected chi connectivity index (χ1v) is 9.42. The van der Waals surface area contributed by atoms with Gasteiger partial charge in [0.15, 0.2) is 5.96 Å². The maximum Gasteiger partial charge on any atom is 0.226 e. The molecule has 7 heteroatoms. The largest absolute Gasteiger partial charge is 0.444 e. The Kier molecular flexibility index (Phi) is 9.11. The van der Waals surface area contributed by atoms with E-state index in [1.54, 1.807) is 12.3 Å². The minimum Gasteiger partial charge on any atom is -0.444 e. The third kappa shape index (κ3) is 6.85. The van der Waals surface area contributed by atoms with Gasteiger partial charge in [-0.25, -0.2) is 14.4 Å². The lowest BCUT2D eigenvalue weighted by molar-refractivity contribution is 0.572. The zero-order valence-corrected chi connectivity index (χ0v) is 18.9. The van der Waals surface area contributed by atoms with Gasteiger partial charge in [-0.05, 0) is 55.7 Å². The van der Waals surface area contributed by atoms with Crippen molar-refractivity contribution in [3.63, 3.8) is 0 Å². The van der Waals surface area contributed by atoms with Gasteiger partial charge in [0.05, 0.1) is 6.54 Å². The molecule has 0 bridgehead atoms. The van der Waals surface area contributed by atoms with Crippen LogP contribution in [0.1, 0.15) is 23.7 Å². The highest BCUT2D eigenvalue weighted by atomic mass is 127. The number of hydrogen-bond acceptors (Lipinski definition) is 3. The Morgan fingerprint density at radius 3 is 2.66 bits per heavy atom. The number of guanidine groups is 1. The molecule has 0 aliphatic rings. The smallest absolute Gasteiger partial charge is 0.226 e. The van der Waals surface area contributed by atoms with E-state index in [0.717, 1.165) is 35.3 Å². The zero-order valence-electron chi connectivity index (χ0n) is 16.6. The Labute approximate surface area is 187 Å². The summed E-state index contributed by atoms with van der Waals surface area (Å²) in [7, 11) is 0. The lowest BCUT2D eigenvalue weighted by Crippen LogP contribution is -2.38. The fraction of sp³-hybridized carbons (Fsp3) is 0.273. The highest BCUT2D eigenvalue weighted by Crippen LogP contribution is 2.18. The van der Waals surface area contributed by atoms with E-state index in [9.17, 15) is 4.39 Å². The maximum atomic E-state index is 13.2. The predicted molar refractivity (Wildman–Crippen MR) is 125 cm³/mol. The van der Waals surface area contributed by atoms with E-state index in [2.05, 4.69) is 20.6 Å². The van der Waals surface area contributed by atoms with Crippen LogP contribution in [0.4, 0.5) is 4.39 Å². The molecule has 1 aromatic heterocycles. The summed E-state index contributed by atoms with van der Waals surface area (Å²) in [4.78, 5) is 9.07. The highest BCUT2D eigenvalue weighted by molar-refractivity contribution is 14.0. The summed E-state index contributed by atoms with van der Waals surface area (Å²) in [5.74, 6) is 1.11. The van der Waals surface area contributed by atoms with E-state index in [-0.39, 0.29) is 29.8 Å². The van der Waals surface area contributed by atoms with E-state index in [1.807, 2.05) is 50.2 Å². The standard InChI is InChI=1S/C22H25FN4O.HI/c1-3-24-22(25-12-11-17-9-10-19(23)13-16(17)2)26-14-20-15-28-21(27-20)18-7-5-4-6-8-18;/h4-10,13,15H,3,11-12,14H2,1-2H3,(H2,24,25,26);1H. The van der Waals surface area contributed by atoms with Gasteiger partial charge in [0, 0.05) is 18.7 Å². The second-order valence-corrected chi connectivity index (χ2v) is 6.45. The predicted octanol–water partition coefficient (Wildman–Crippen LogP) is 4.70. The quantitative estimate of drug-likeness (QED) is 0.276. The fourth-order valence-electron chi connectivity index (χ4n) is 2.85. The maximum absolute atomic E-state index is 13.2. The van der Waals surface area contributed by atoms with Crippen molar-refractivity contribution < 1.29 is 8.81 Å². The molecule has 2 aromatic carbocycles. The second kappa shape index (κ2) is 11.5. The summed E-state index contributed by atoms with van der Waals surface area (Å²) in [6.07, 6.45) is 2.43. The zero-order chi connectivity index (χ0) is 19.8. The number of rotatable bonds is 7. The monoisotopic (exact) mass is 508 g/mol. The first kappa shape index (κ1) is 22.9. The number of nitrogens with zero attached hydrogens (tertiary/aromatic N) is 2. The van der Waals surface area contributed by atoms with E-state index in [4.69, 9.17) is 4.42 Å². The average Bonchev–Trinajstić information content (AvgIpc) is 3.17. The van der Waals surface area contributed by atoms with Gasteiger partial charge < -0.3 is 15.1 Å². The topological polar surface area (TPSA) is 62.5 Å². The number of aliphatic imine (C=N–C) groups is 1. The Balaban J connectivity index is 0.00000300. The molecular formula is C22H26FIN4O. The Hall–Kier alpha value is -2.42. The third-order valence-electron chi connectivity index (χ3n) is 4.31. The van der Waals surface area contributed by atoms with Crippen molar-refractivity contribution in [2.75, 3.05) is 13.1 Å². The van der Waals surface area contributed by atoms with Crippen molar-refractivity contribution in [3.05, 3.63) is 77.4 Å². The first-order chi connectivity index (χ1) is 13.7. The Bertz CT molecular complexity index is 928. The lowest BCUT2D eigenvalue weighted by Gasteiger charge is -2.12. The Morgan fingerprint density at radius 1 is 1.14 bits per heavy atom. The summed E-state index contributed by atoms with van der Waals surface area (Å²) in [6, 6.07) is 14.7. The average molecular weight is 508 g/mol. The van der Waals surface area contributed by atoms with Crippen LogP contribution in [0.15, 0.2) is 64.2 Å². The summed E-state index contributed by atoms with van der Waals surface area (Å²) >= 11 is 0. The third-order valence-corrected chi connectivity index (χ3v) is 4.31. The first-order valence-electron chi connectivity index (χ1n) is 9.42. The molecule has 3 aromatic rings. The number of aryl methyl sites for hydroxylation is 1. The minimum atomic E-state index is -0.202. The van der Waals surface area contributed by atoms with Crippen LogP contribution in [0.2, 0.25) is 0 Å². The number of benzene rings is 2. The van der Waals surface area contributed by atoms with E-state index in [0.29, 0.717) is 24.9 Å². The van der Waals surface area contributed by atoms with Crippen molar-refractivity contribution in [1.29, 1.82) is 0 Å². The van der Waals surface area contributed by atoms with Crippen molar-refractivity contribution in [3.8, 4) is 11.5 Å². The normalized spacial score (nSPS) is 11.1. The van der Waals surface area contributed by atoms with Gasteiger partial charge in [0.2, 0.25) is 5.89 Å². The molecule has 2 N–H and O–H groups in total. The minimum absolute atomic E-state index is 0. The molecule has 0 spiro atoms. The summed E-state index contributed by atoms with van der Waals surface area (Å²) < 4.78 is 18.8. The molecule has 0 unspecified atom stereocenters. The van der Waals surface area contributed by atoms with Crippen LogP contribution in [0, 0.1) is 12.7 Å². The van der Waals surface area contributed by atoms with Crippen LogP contribution in [0.5, 0.6) is 0 Å². The van der Waals surface area contributed by atoms with Gasteiger partial charge in [0.25, 0.3) is 0 Å². The van der Waals surface area contributed by atoms with Crippen LogP contribution < -0.4 is 10.6 Å². The number of nitrogens with one attached hydrogen (secondary N) is 2. The Morgan fingerprint density at radius 2 is 1.93 bits per heavy atom. The number of oxazole rings is 1. The number of halogens is 2. The molecule has 154 valence electrons. The fourth-order valence-corrected chi connectivity index (χ4v) is 2.85. The van der Waals surface area contributed by atoms with Crippen molar-refractivity contribution in [2.24, 2.45) is 4.99 Å². The molecule has 0 aliphatic heterocycles. The van der Waals surface area contributed by atoms with Crippen molar-refractivity contribution in [2.45, 2.75) is 26.8 Å². The number of hydrogen-bond donors (Lipinski definition) is 2. The van der Waals surface area contributed by atoms with E-state index < -0.39 is 0 Å². The molecule has 3 rings (SSSR count). The molecule has 0 atom stereocenters. The molecule has 0 aliphatic carbocycles. The molecule has 0 amide bonds.